The van der Waals surface area contributed by atoms with Crippen LogP contribution in [-0.2, 0) is 20.7 Å². The van der Waals surface area contributed by atoms with E-state index in [-0.39, 0.29) is 12.0 Å². The Morgan fingerprint density at radius 3 is 2.37 bits per heavy atom. The molecule has 0 spiro atoms. The lowest BCUT2D eigenvalue weighted by Gasteiger charge is -2.10. The van der Waals surface area contributed by atoms with Gasteiger partial charge in [-0.1, -0.05) is 25.1 Å². The summed E-state index contributed by atoms with van der Waals surface area (Å²) in [6, 6.07) is 15.1. The van der Waals surface area contributed by atoms with E-state index in [1.165, 1.54) is 24.3 Å². The van der Waals surface area contributed by atoms with Gasteiger partial charge in [0.2, 0.25) is 5.91 Å². The van der Waals surface area contributed by atoms with Gasteiger partial charge < -0.3 is 15.4 Å². The standard InChI is InChI=1S/C20H19N3O4/c1-2-14-5-3-4-6-17(14)23-19(25)13-27-20(26)15-7-9-16(10-8-15)22-18(24)11-12-21/h3-10H,2,11,13H2,1H3,(H,22,24)(H,23,25). The number of hydrogen-bond donors (Lipinski definition) is 2. The number of carbonyl (C=O) groups excluding carboxylic acids is 3. The maximum Gasteiger partial charge on any atom is 0.338 e. The van der Waals surface area contributed by atoms with E-state index in [1.54, 1.807) is 12.1 Å². The smallest absolute Gasteiger partial charge is 0.338 e. The van der Waals surface area contributed by atoms with Crippen LogP contribution in [0, 0.1) is 11.3 Å². The maximum absolute atomic E-state index is 12.0. The number of amides is 2. The number of aryl methyl sites for hydroxylation is 1. The van der Waals surface area contributed by atoms with Crippen LogP contribution in [0.2, 0.25) is 0 Å². The normalized spacial score (nSPS) is 9.78. The lowest BCUT2D eigenvalue weighted by Crippen LogP contribution is -2.21. The minimum absolute atomic E-state index is 0.245. The van der Waals surface area contributed by atoms with Crippen LogP contribution >= 0.6 is 0 Å². The first-order chi connectivity index (χ1) is 13.0. The monoisotopic (exact) mass is 365 g/mol. The average molecular weight is 365 g/mol. The van der Waals surface area contributed by atoms with Crippen LogP contribution in [0.15, 0.2) is 48.5 Å². The second kappa shape index (κ2) is 9.73. The zero-order valence-corrected chi connectivity index (χ0v) is 14.8. The highest BCUT2D eigenvalue weighted by Gasteiger charge is 2.12. The number of rotatable bonds is 7. The third-order valence-electron chi connectivity index (χ3n) is 3.65. The Kier molecular flexibility index (Phi) is 7.08. The van der Waals surface area contributed by atoms with Crippen molar-refractivity contribution >= 4 is 29.2 Å². The van der Waals surface area contributed by atoms with E-state index >= 15 is 0 Å². The molecule has 2 amide bonds. The van der Waals surface area contributed by atoms with E-state index in [4.69, 9.17) is 10.00 Å². The first-order valence-electron chi connectivity index (χ1n) is 8.35. The lowest BCUT2D eigenvalue weighted by molar-refractivity contribution is -0.119. The SMILES string of the molecule is CCc1ccccc1NC(=O)COC(=O)c1ccc(NC(=O)CC#N)cc1. The molecule has 0 aliphatic rings. The number of anilines is 2. The third-order valence-corrected chi connectivity index (χ3v) is 3.65. The van der Waals surface area contributed by atoms with Crippen molar-refractivity contribution in [1.29, 1.82) is 5.26 Å². The molecule has 0 unspecified atom stereocenters. The van der Waals surface area contributed by atoms with Gasteiger partial charge >= 0.3 is 5.97 Å². The molecule has 138 valence electrons. The van der Waals surface area contributed by atoms with Crippen molar-refractivity contribution in [3.63, 3.8) is 0 Å². The third kappa shape index (κ3) is 5.97. The van der Waals surface area contributed by atoms with Crippen molar-refractivity contribution in [2.75, 3.05) is 17.2 Å². The molecule has 0 aliphatic carbocycles. The molecule has 0 aliphatic heterocycles. The molecule has 2 aromatic carbocycles. The Morgan fingerprint density at radius 1 is 1.00 bits per heavy atom. The summed E-state index contributed by atoms with van der Waals surface area (Å²) in [6.07, 6.45) is 0.521. The maximum atomic E-state index is 12.0. The number of carbonyl (C=O) groups is 3. The second-order valence-electron chi connectivity index (χ2n) is 5.60. The summed E-state index contributed by atoms with van der Waals surface area (Å²) in [5.41, 5.74) is 2.39. The van der Waals surface area contributed by atoms with E-state index in [0.29, 0.717) is 11.4 Å². The Balaban J connectivity index is 1.87. The molecule has 2 N–H and O–H groups in total. The first kappa shape index (κ1) is 19.7. The molecule has 27 heavy (non-hydrogen) atoms. The molecule has 0 saturated heterocycles. The highest BCUT2D eigenvalue weighted by Crippen LogP contribution is 2.15. The summed E-state index contributed by atoms with van der Waals surface area (Å²) in [7, 11) is 0. The zero-order valence-electron chi connectivity index (χ0n) is 14.8. The molecule has 0 fully saturated rings. The quantitative estimate of drug-likeness (QED) is 0.734. The predicted molar refractivity (Wildman–Crippen MR) is 100 cm³/mol. The van der Waals surface area contributed by atoms with Gasteiger partial charge in [-0.15, -0.1) is 0 Å². The van der Waals surface area contributed by atoms with Crippen LogP contribution in [0.25, 0.3) is 0 Å². The van der Waals surface area contributed by atoms with Gasteiger partial charge in [0.1, 0.15) is 6.42 Å². The van der Waals surface area contributed by atoms with Gasteiger partial charge in [0, 0.05) is 11.4 Å². The van der Waals surface area contributed by atoms with Crippen LogP contribution in [-0.4, -0.2) is 24.4 Å². The zero-order chi connectivity index (χ0) is 19.6. The molecule has 0 bridgehead atoms. The van der Waals surface area contributed by atoms with Gasteiger partial charge in [-0.2, -0.15) is 5.26 Å². The first-order valence-corrected chi connectivity index (χ1v) is 8.35. The predicted octanol–water partition coefficient (Wildman–Crippen LogP) is 2.90. The topological polar surface area (TPSA) is 108 Å². The van der Waals surface area contributed by atoms with Gasteiger partial charge in [0.05, 0.1) is 11.6 Å². The van der Waals surface area contributed by atoms with Crippen LogP contribution in [0.3, 0.4) is 0 Å². The van der Waals surface area contributed by atoms with E-state index in [0.717, 1.165) is 12.0 Å². The molecular weight excluding hydrogens is 346 g/mol. The fourth-order valence-corrected chi connectivity index (χ4v) is 2.32. The fraction of sp³-hybridized carbons (Fsp3) is 0.200. The molecule has 0 saturated carbocycles. The van der Waals surface area contributed by atoms with E-state index < -0.39 is 24.4 Å². The van der Waals surface area contributed by atoms with E-state index in [9.17, 15) is 14.4 Å². The molecule has 0 heterocycles. The number of hydrogen-bond acceptors (Lipinski definition) is 5. The molecule has 0 atom stereocenters. The van der Waals surface area contributed by atoms with Gasteiger partial charge in [-0.3, -0.25) is 9.59 Å². The number of esters is 1. The van der Waals surface area contributed by atoms with Crippen LogP contribution < -0.4 is 10.6 Å². The number of nitriles is 1. The molecular formula is C20H19N3O4. The van der Waals surface area contributed by atoms with Crippen molar-refractivity contribution < 1.29 is 19.1 Å². The van der Waals surface area contributed by atoms with Crippen molar-refractivity contribution in [2.24, 2.45) is 0 Å². The summed E-state index contributed by atoms with van der Waals surface area (Å²) < 4.78 is 5.01. The largest absolute Gasteiger partial charge is 0.452 e. The van der Waals surface area contributed by atoms with E-state index in [2.05, 4.69) is 10.6 Å². The summed E-state index contributed by atoms with van der Waals surface area (Å²) >= 11 is 0. The fourth-order valence-electron chi connectivity index (χ4n) is 2.32. The summed E-state index contributed by atoms with van der Waals surface area (Å²) in [6.45, 7) is 1.58. The van der Waals surface area contributed by atoms with Gasteiger partial charge in [-0.25, -0.2) is 4.79 Å². The van der Waals surface area contributed by atoms with Gasteiger partial charge in [0.15, 0.2) is 6.61 Å². The highest BCUT2D eigenvalue weighted by atomic mass is 16.5. The van der Waals surface area contributed by atoms with Crippen LogP contribution in [0.5, 0.6) is 0 Å². The summed E-state index contributed by atoms with van der Waals surface area (Å²) in [4.78, 5) is 35.4. The molecule has 2 rings (SSSR count). The summed E-state index contributed by atoms with van der Waals surface area (Å²) in [5.74, 6) is -1.51. The minimum Gasteiger partial charge on any atom is -0.452 e. The van der Waals surface area contributed by atoms with Gasteiger partial charge in [0.25, 0.3) is 5.91 Å². The lowest BCUT2D eigenvalue weighted by atomic mass is 10.1. The van der Waals surface area contributed by atoms with Crippen molar-refractivity contribution in [3.8, 4) is 6.07 Å². The molecule has 0 aromatic heterocycles. The molecule has 0 radical (unpaired) electrons. The Labute approximate surface area is 156 Å². The van der Waals surface area contributed by atoms with Crippen LogP contribution in [0.4, 0.5) is 11.4 Å². The number of nitrogens with zero attached hydrogens (tertiary/aromatic N) is 1. The minimum atomic E-state index is -0.649. The van der Waals surface area contributed by atoms with E-state index in [1.807, 2.05) is 25.1 Å². The van der Waals surface area contributed by atoms with Gasteiger partial charge in [-0.05, 0) is 42.3 Å². The highest BCUT2D eigenvalue weighted by molar-refractivity contribution is 5.96. The Bertz CT molecular complexity index is 870. The van der Waals surface area contributed by atoms with Crippen LogP contribution in [0.1, 0.15) is 29.3 Å². The molecule has 2 aromatic rings. The van der Waals surface area contributed by atoms with Crippen molar-refractivity contribution in [2.45, 2.75) is 19.8 Å². The number of benzene rings is 2. The summed E-state index contributed by atoms with van der Waals surface area (Å²) in [5, 5.41) is 13.7. The second-order valence-corrected chi connectivity index (χ2v) is 5.60. The molecule has 7 nitrogen and oxygen atoms in total. The number of nitrogens with one attached hydrogen (secondary N) is 2. The number of para-hydroxylation sites is 1. The molecule has 7 heteroatoms. The van der Waals surface area contributed by atoms with Crippen molar-refractivity contribution in [3.05, 3.63) is 59.7 Å². The Hall–Kier alpha value is -3.66. The Morgan fingerprint density at radius 2 is 1.70 bits per heavy atom. The number of ether oxygens (including phenoxy) is 1. The van der Waals surface area contributed by atoms with Crippen molar-refractivity contribution in [1.82, 2.24) is 0 Å². The average Bonchev–Trinajstić information content (AvgIpc) is 2.67.